The summed E-state index contributed by atoms with van der Waals surface area (Å²) in [7, 11) is 0. The highest BCUT2D eigenvalue weighted by Crippen LogP contribution is 2.44. The lowest BCUT2D eigenvalue weighted by molar-refractivity contribution is 0.669. The number of para-hydroxylation sites is 1. The fraction of sp³-hybridized carbons (Fsp3) is 0. The van der Waals surface area contributed by atoms with Crippen LogP contribution in [0.3, 0.4) is 0 Å². The lowest BCUT2D eigenvalue weighted by atomic mass is 10.0. The van der Waals surface area contributed by atoms with Gasteiger partial charge in [-0.25, -0.2) is 15.0 Å². The van der Waals surface area contributed by atoms with Gasteiger partial charge in [-0.1, -0.05) is 146 Å². The maximum absolute atomic E-state index is 6.83. The molecule has 0 spiro atoms. The van der Waals surface area contributed by atoms with Crippen LogP contribution in [0.5, 0.6) is 0 Å². The second-order valence-corrected chi connectivity index (χ2v) is 16.3. The van der Waals surface area contributed by atoms with Gasteiger partial charge in [-0.3, -0.25) is 0 Å². The van der Waals surface area contributed by atoms with E-state index in [1.54, 1.807) is 0 Å². The number of furan rings is 2. The molecule has 14 rings (SSSR count). The van der Waals surface area contributed by atoms with Gasteiger partial charge in [-0.05, 0) is 64.7 Å². The summed E-state index contributed by atoms with van der Waals surface area (Å²) < 4.78 is 15.6. The van der Waals surface area contributed by atoms with Crippen molar-refractivity contribution < 1.29 is 8.83 Å². The second-order valence-electron chi connectivity index (χ2n) is 16.3. The molecule has 4 aromatic heterocycles. The van der Waals surface area contributed by atoms with Crippen LogP contribution in [0.15, 0.2) is 203 Å². The summed E-state index contributed by atoms with van der Waals surface area (Å²) in [6, 6.07) is 68.1. The largest absolute Gasteiger partial charge is 0.456 e. The van der Waals surface area contributed by atoms with Gasteiger partial charge >= 0.3 is 0 Å². The monoisotopic (exact) mass is 804 g/mol. The maximum atomic E-state index is 6.83. The van der Waals surface area contributed by atoms with E-state index in [9.17, 15) is 0 Å². The normalized spacial score (nSPS) is 12.1. The molecule has 6 heteroatoms. The molecule has 6 nitrogen and oxygen atoms in total. The minimum absolute atomic E-state index is 0.571. The average Bonchev–Trinajstić information content (AvgIpc) is 4.02. The summed E-state index contributed by atoms with van der Waals surface area (Å²) in [5.74, 6) is 1.74. The summed E-state index contributed by atoms with van der Waals surface area (Å²) >= 11 is 0. The van der Waals surface area contributed by atoms with E-state index in [1.807, 2.05) is 60.7 Å². The zero-order valence-corrected chi connectivity index (χ0v) is 33.6. The summed E-state index contributed by atoms with van der Waals surface area (Å²) in [5, 5.41) is 13.4. The van der Waals surface area contributed by atoms with Crippen molar-refractivity contribution in [1.82, 2.24) is 19.5 Å². The molecule has 0 aliphatic heterocycles. The van der Waals surface area contributed by atoms with Crippen LogP contribution in [-0.4, -0.2) is 19.5 Å². The third kappa shape index (κ3) is 5.03. The summed E-state index contributed by atoms with van der Waals surface area (Å²) in [4.78, 5) is 15.5. The number of rotatable bonds is 4. The molecule has 10 aromatic carbocycles. The fourth-order valence-electron chi connectivity index (χ4n) is 9.92. The lowest BCUT2D eigenvalue weighted by Crippen LogP contribution is -2.00. The highest BCUT2D eigenvalue weighted by atomic mass is 16.3. The number of benzene rings is 10. The van der Waals surface area contributed by atoms with Gasteiger partial charge in [-0.2, -0.15) is 0 Å². The van der Waals surface area contributed by atoms with E-state index in [1.165, 1.54) is 37.8 Å². The van der Waals surface area contributed by atoms with Crippen molar-refractivity contribution >= 4 is 98.0 Å². The van der Waals surface area contributed by atoms with E-state index < -0.39 is 0 Å². The fourth-order valence-corrected chi connectivity index (χ4v) is 9.92. The molecule has 0 amide bonds. The van der Waals surface area contributed by atoms with Gasteiger partial charge in [0.15, 0.2) is 17.5 Å². The van der Waals surface area contributed by atoms with Crippen LogP contribution in [-0.2, 0) is 0 Å². The molecule has 0 aliphatic rings. The van der Waals surface area contributed by atoms with Gasteiger partial charge < -0.3 is 13.4 Å². The Kier molecular flexibility index (Phi) is 7.02. The lowest BCUT2D eigenvalue weighted by Gasteiger charge is -2.14. The topological polar surface area (TPSA) is 69.9 Å². The Morgan fingerprint density at radius 2 is 1.02 bits per heavy atom. The van der Waals surface area contributed by atoms with Gasteiger partial charge in [-0.15, -0.1) is 0 Å². The van der Waals surface area contributed by atoms with Gasteiger partial charge in [0.05, 0.1) is 16.7 Å². The predicted octanol–water partition coefficient (Wildman–Crippen LogP) is 15.2. The Balaban J connectivity index is 1.05. The summed E-state index contributed by atoms with van der Waals surface area (Å²) in [5.41, 5.74) is 9.33. The molecule has 63 heavy (non-hydrogen) atoms. The van der Waals surface area contributed by atoms with E-state index in [2.05, 4.69) is 138 Å². The summed E-state index contributed by atoms with van der Waals surface area (Å²) in [6.45, 7) is 0. The van der Waals surface area contributed by atoms with Crippen LogP contribution >= 0.6 is 0 Å². The first-order chi connectivity index (χ1) is 31.2. The van der Waals surface area contributed by atoms with Crippen LogP contribution in [0.25, 0.3) is 138 Å². The molecular weight excluding hydrogens is 773 g/mol. The van der Waals surface area contributed by atoms with Crippen molar-refractivity contribution in [1.29, 1.82) is 0 Å². The number of hydrogen-bond donors (Lipinski definition) is 0. The molecule has 0 unspecified atom stereocenters. The van der Waals surface area contributed by atoms with Crippen molar-refractivity contribution in [3.05, 3.63) is 194 Å². The van der Waals surface area contributed by atoms with Gasteiger partial charge in [0.25, 0.3) is 0 Å². The summed E-state index contributed by atoms with van der Waals surface area (Å²) in [6.07, 6.45) is 0. The van der Waals surface area contributed by atoms with Crippen molar-refractivity contribution in [3.8, 4) is 39.9 Å². The molecule has 292 valence electrons. The van der Waals surface area contributed by atoms with Crippen LogP contribution in [0.2, 0.25) is 0 Å². The third-order valence-electron chi connectivity index (χ3n) is 12.8. The highest BCUT2D eigenvalue weighted by molar-refractivity contribution is 6.23. The molecule has 0 saturated heterocycles. The number of aromatic nitrogens is 4. The highest BCUT2D eigenvalue weighted by Gasteiger charge is 2.22. The van der Waals surface area contributed by atoms with Crippen molar-refractivity contribution in [3.63, 3.8) is 0 Å². The predicted molar refractivity (Wildman–Crippen MR) is 258 cm³/mol. The van der Waals surface area contributed by atoms with Gasteiger partial charge in [0.2, 0.25) is 0 Å². The van der Waals surface area contributed by atoms with E-state index in [4.69, 9.17) is 23.8 Å². The molecule has 14 aromatic rings. The smallest absolute Gasteiger partial charge is 0.164 e. The molecule has 0 bridgehead atoms. The maximum Gasteiger partial charge on any atom is 0.164 e. The Labute approximate surface area is 358 Å². The first-order valence-electron chi connectivity index (χ1n) is 21.2. The zero-order chi connectivity index (χ0) is 41.2. The Hall–Kier alpha value is -8.61. The number of nitrogens with zero attached hydrogens (tertiary/aromatic N) is 4. The first kappa shape index (κ1) is 34.1. The third-order valence-corrected chi connectivity index (χ3v) is 12.8. The quantitative estimate of drug-likeness (QED) is 0.177. The van der Waals surface area contributed by atoms with Gasteiger partial charge in [0, 0.05) is 65.2 Å². The standard InChI is InChI=1S/C57H32N4O2/c1-2-14-34(15-3-1)55-58-56(60-57(59-55)43-22-12-24-51-52(43)42-21-10-11-23-49(42)62-51)37-26-28-50-45(30-37)46-32-48(39-19-8-9-20-41(39)54(46)63-50)61-47-31-36-17-5-4-16-35(36)29-44(47)40-27-25-33-13-6-7-18-38(33)53(40)61/h1-32H. The Morgan fingerprint density at radius 1 is 0.349 bits per heavy atom. The molecule has 0 N–H and O–H groups in total. The SMILES string of the molecule is c1ccc(-c2nc(-c3ccc4oc5c6ccccc6c(-n6c7cc8ccccc8cc7c7ccc8ccccc8c76)cc5c4c3)nc(-c3cccc4oc5ccccc5c34)n2)cc1. The molecular formula is C57H32N4O2. The van der Waals surface area contributed by atoms with E-state index in [0.29, 0.717) is 17.5 Å². The Morgan fingerprint density at radius 3 is 1.87 bits per heavy atom. The average molecular weight is 805 g/mol. The number of hydrogen-bond acceptors (Lipinski definition) is 5. The molecule has 4 heterocycles. The molecule has 0 saturated carbocycles. The zero-order valence-electron chi connectivity index (χ0n) is 33.6. The van der Waals surface area contributed by atoms with Gasteiger partial charge in [0.1, 0.15) is 22.3 Å². The number of fused-ring (bicyclic) bond motifs is 14. The van der Waals surface area contributed by atoms with E-state index in [-0.39, 0.29) is 0 Å². The second kappa shape index (κ2) is 12.9. The van der Waals surface area contributed by atoms with E-state index >= 15 is 0 Å². The Bertz CT molecular complexity index is 4220. The molecule has 0 fully saturated rings. The van der Waals surface area contributed by atoms with Crippen LogP contribution in [0, 0.1) is 0 Å². The van der Waals surface area contributed by atoms with Crippen molar-refractivity contribution in [2.45, 2.75) is 0 Å². The van der Waals surface area contributed by atoms with E-state index in [0.717, 1.165) is 82.5 Å². The van der Waals surface area contributed by atoms with Crippen LogP contribution in [0.1, 0.15) is 0 Å². The van der Waals surface area contributed by atoms with Crippen molar-refractivity contribution in [2.24, 2.45) is 0 Å². The minimum atomic E-state index is 0.571. The molecule has 0 aliphatic carbocycles. The molecule has 0 atom stereocenters. The first-order valence-corrected chi connectivity index (χ1v) is 21.2. The van der Waals surface area contributed by atoms with Crippen LogP contribution in [0.4, 0.5) is 0 Å². The van der Waals surface area contributed by atoms with Crippen LogP contribution < -0.4 is 0 Å². The molecule has 0 radical (unpaired) electrons. The van der Waals surface area contributed by atoms with Crippen molar-refractivity contribution in [2.75, 3.05) is 0 Å². The minimum Gasteiger partial charge on any atom is -0.456 e.